The lowest BCUT2D eigenvalue weighted by Crippen LogP contribution is -2.26. The highest BCUT2D eigenvalue weighted by atomic mass is 16.2. The molecule has 0 saturated heterocycles. The van der Waals surface area contributed by atoms with Crippen molar-refractivity contribution in [3.8, 4) is 0 Å². The molecule has 4 aromatic carbocycles. The van der Waals surface area contributed by atoms with Crippen LogP contribution in [0.3, 0.4) is 0 Å². The van der Waals surface area contributed by atoms with E-state index in [0.717, 1.165) is 49.7 Å². The first-order valence-corrected chi connectivity index (χ1v) is 16.8. The van der Waals surface area contributed by atoms with E-state index in [4.69, 9.17) is 0 Å². The Morgan fingerprint density at radius 3 is 1.25 bits per heavy atom. The van der Waals surface area contributed by atoms with E-state index in [2.05, 4.69) is 21.3 Å². The van der Waals surface area contributed by atoms with Crippen LogP contribution in [0.2, 0.25) is 0 Å². The van der Waals surface area contributed by atoms with Crippen molar-refractivity contribution in [2.45, 2.75) is 77.3 Å². The summed E-state index contributed by atoms with van der Waals surface area (Å²) in [6, 6.07) is 33.2. The zero-order chi connectivity index (χ0) is 34.1. The quantitative estimate of drug-likeness (QED) is 0.0863. The van der Waals surface area contributed by atoms with E-state index in [0.29, 0.717) is 35.3 Å². The number of hydrogen-bond donors (Lipinski definition) is 4. The molecule has 4 amide bonds. The first kappa shape index (κ1) is 35.6. The zero-order valence-electron chi connectivity index (χ0n) is 27.8. The Kier molecular flexibility index (Phi) is 13.9. The van der Waals surface area contributed by atoms with Crippen molar-refractivity contribution in [2.24, 2.45) is 0 Å². The zero-order valence-corrected chi connectivity index (χ0v) is 27.8. The normalized spacial score (nSPS) is 12.0. The van der Waals surface area contributed by atoms with Gasteiger partial charge in [0.15, 0.2) is 0 Å². The summed E-state index contributed by atoms with van der Waals surface area (Å²) in [5.74, 6) is -0.533. The first-order valence-electron chi connectivity index (χ1n) is 16.8. The van der Waals surface area contributed by atoms with Gasteiger partial charge in [-0.1, -0.05) is 98.5 Å². The van der Waals surface area contributed by atoms with Gasteiger partial charge in [0.25, 0.3) is 11.8 Å². The third-order valence-electron chi connectivity index (χ3n) is 8.17. The van der Waals surface area contributed by atoms with Gasteiger partial charge in [-0.2, -0.15) is 0 Å². The molecule has 0 aliphatic heterocycles. The Balaban J connectivity index is 1.07. The van der Waals surface area contributed by atoms with Gasteiger partial charge in [-0.3, -0.25) is 19.2 Å². The van der Waals surface area contributed by atoms with Gasteiger partial charge < -0.3 is 21.3 Å². The fourth-order valence-electron chi connectivity index (χ4n) is 5.41. The number of hydrogen-bond acceptors (Lipinski definition) is 4. The monoisotopic (exact) mass is 646 g/mol. The molecule has 4 N–H and O–H groups in total. The fraction of sp³-hybridized carbons (Fsp3) is 0.300. The van der Waals surface area contributed by atoms with Gasteiger partial charge in [-0.15, -0.1) is 0 Å². The van der Waals surface area contributed by atoms with Gasteiger partial charge in [-0.25, -0.2) is 0 Å². The smallest absolute Gasteiger partial charge is 0.251 e. The van der Waals surface area contributed by atoms with Crippen LogP contribution in [0, 0.1) is 0 Å². The molecule has 48 heavy (non-hydrogen) atoms. The van der Waals surface area contributed by atoms with Crippen molar-refractivity contribution in [1.29, 1.82) is 0 Å². The van der Waals surface area contributed by atoms with Gasteiger partial charge >= 0.3 is 0 Å². The lowest BCUT2D eigenvalue weighted by molar-refractivity contribution is -0.117. The van der Waals surface area contributed by atoms with E-state index < -0.39 is 0 Å². The maximum absolute atomic E-state index is 12.7. The Labute approximate surface area is 283 Å². The second kappa shape index (κ2) is 18.8. The van der Waals surface area contributed by atoms with Gasteiger partial charge in [0.2, 0.25) is 11.8 Å². The van der Waals surface area contributed by atoms with Crippen LogP contribution in [0.4, 0.5) is 11.4 Å². The minimum Gasteiger partial charge on any atom is -0.346 e. The summed E-state index contributed by atoms with van der Waals surface area (Å²) >= 11 is 0. The standard InChI is InChI=1S/C40H46N4O4/c1-29(31-17-9-7-10-18-31)41-39(47)33-21-15-23-35(27-33)43-37(45)25-13-5-3-4-6-14-26-38(46)44-36-24-16-22-34(28-36)40(48)42-30(2)32-19-11-8-12-20-32/h7-12,15-24,27-30H,3-6,13-14,25-26H2,1-2H3,(H,41,47)(H,42,48)(H,43,45)(H,44,46). The van der Waals surface area contributed by atoms with Crippen LogP contribution in [0.1, 0.15) is 109 Å². The molecule has 0 fully saturated rings. The lowest BCUT2D eigenvalue weighted by Gasteiger charge is -2.15. The number of anilines is 2. The second-order valence-electron chi connectivity index (χ2n) is 12.1. The van der Waals surface area contributed by atoms with Gasteiger partial charge in [0.05, 0.1) is 12.1 Å². The molecule has 250 valence electrons. The first-order chi connectivity index (χ1) is 23.3. The molecular formula is C40H46N4O4. The summed E-state index contributed by atoms with van der Waals surface area (Å²) in [6.07, 6.45) is 6.20. The number of benzene rings is 4. The average molecular weight is 647 g/mol. The highest BCUT2D eigenvalue weighted by Crippen LogP contribution is 2.18. The Morgan fingerprint density at radius 2 is 0.854 bits per heavy atom. The molecule has 0 saturated carbocycles. The third kappa shape index (κ3) is 11.8. The molecule has 4 aromatic rings. The van der Waals surface area contributed by atoms with E-state index in [1.54, 1.807) is 48.5 Å². The van der Waals surface area contributed by atoms with Crippen molar-refractivity contribution >= 4 is 35.0 Å². The average Bonchev–Trinajstić information content (AvgIpc) is 3.10. The number of carbonyl (C=O) groups is 4. The van der Waals surface area contributed by atoms with Crippen LogP contribution in [0.25, 0.3) is 0 Å². The summed E-state index contributed by atoms with van der Waals surface area (Å²) in [5.41, 5.74) is 4.24. The molecule has 0 bridgehead atoms. The van der Waals surface area contributed by atoms with Crippen LogP contribution in [-0.4, -0.2) is 23.6 Å². The summed E-state index contributed by atoms with van der Waals surface area (Å²) in [4.78, 5) is 50.5. The summed E-state index contributed by atoms with van der Waals surface area (Å²) in [7, 11) is 0. The molecule has 0 spiro atoms. The van der Waals surface area contributed by atoms with Gasteiger partial charge in [0, 0.05) is 35.3 Å². The number of unbranched alkanes of at least 4 members (excludes halogenated alkanes) is 5. The van der Waals surface area contributed by atoms with Crippen molar-refractivity contribution in [2.75, 3.05) is 10.6 Å². The number of rotatable bonds is 17. The Morgan fingerprint density at radius 1 is 0.479 bits per heavy atom. The van der Waals surface area contributed by atoms with E-state index in [1.165, 1.54) is 0 Å². The molecule has 8 nitrogen and oxygen atoms in total. The Bertz CT molecular complexity index is 1520. The van der Waals surface area contributed by atoms with E-state index in [9.17, 15) is 19.2 Å². The van der Waals surface area contributed by atoms with Crippen molar-refractivity contribution in [1.82, 2.24) is 10.6 Å². The summed E-state index contributed by atoms with van der Waals surface area (Å²) < 4.78 is 0. The number of nitrogens with one attached hydrogen (secondary N) is 4. The minimum absolute atomic E-state index is 0.0749. The molecule has 4 rings (SSSR count). The lowest BCUT2D eigenvalue weighted by atomic mass is 10.1. The van der Waals surface area contributed by atoms with Crippen LogP contribution in [0.5, 0.6) is 0 Å². The van der Waals surface area contributed by atoms with Crippen molar-refractivity contribution < 1.29 is 19.2 Å². The van der Waals surface area contributed by atoms with Gasteiger partial charge in [-0.05, 0) is 74.2 Å². The molecule has 0 aliphatic rings. The van der Waals surface area contributed by atoms with Crippen LogP contribution >= 0.6 is 0 Å². The molecule has 8 heteroatoms. The second-order valence-corrected chi connectivity index (χ2v) is 12.1. The van der Waals surface area contributed by atoms with E-state index in [-0.39, 0.29) is 35.7 Å². The highest BCUT2D eigenvalue weighted by molar-refractivity contribution is 5.98. The topological polar surface area (TPSA) is 116 Å². The molecule has 0 aliphatic carbocycles. The fourth-order valence-corrected chi connectivity index (χ4v) is 5.41. The molecule has 2 unspecified atom stereocenters. The maximum Gasteiger partial charge on any atom is 0.251 e. The third-order valence-corrected chi connectivity index (χ3v) is 8.17. The molecule has 0 aromatic heterocycles. The Hall–Kier alpha value is -5.24. The molecule has 0 heterocycles. The highest BCUT2D eigenvalue weighted by Gasteiger charge is 2.14. The number of amides is 4. The predicted molar refractivity (Wildman–Crippen MR) is 192 cm³/mol. The van der Waals surface area contributed by atoms with Crippen LogP contribution in [0.15, 0.2) is 109 Å². The molecular weight excluding hydrogens is 600 g/mol. The maximum atomic E-state index is 12.7. The molecule has 0 radical (unpaired) electrons. The minimum atomic E-state index is -0.192. The van der Waals surface area contributed by atoms with Crippen molar-refractivity contribution in [3.63, 3.8) is 0 Å². The molecule has 2 atom stereocenters. The SMILES string of the molecule is CC(NC(=O)c1cccc(NC(=O)CCCCCCCCC(=O)Nc2cccc(C(=O)NC(C)c3ccccc3)c2)c1)c1ccccc1. The summed E-state index contributed by atoms with van der Waals surface area (Å²) in [6.45, 7) is 3.88. The largest absolute Gasteiger partial charge is 0.346 e. The van der Waals surface area contributed by atoms with Crippen LogP contribution in [-0.2, 0) is 9.59 Å². The predicted octanol–water partition coefficient (Wildman–Crippen LogP) is 8.37. The van der Waals surface area contributed by atoms with E-state index in [1.807, 2.05) is 74.5 Å². The van der Waals surface area contributed by atoms with Gasteiger partial charge in [0.1, 0.15) is 0 Å². The van der Waals surface area contributed by atoms with Crippen LogP contribution < -0.4 is 21.3 Å². The van der Waals surface area contributed by atoms with E-state index >= 15 is 0 Å². The summed E-state index contributed by atoms with van der Waals surface area (Å²) in [5, 5.41) is 11.8. The number of carbonyl (C=O) groups excluding carboxylic acids is 4. The van der Waals surface area contributed by atoms with Crippen molar-refractivity contribution in [3.05, 3.63) is 131 Å².